The molecule has 0 aliphatic heterocycles. The van der Waals surface area contributed by atoms with Crippen LogP contribution < -0.4 is 5.32 Å². The number of nitrogens with one attached hydrogen (secondary N) is 1. The van der Waals surface area contributed by atoms with Crippen molar-refractivity contribution in [3.05, 3.63) is 46.5 Å². The summed E-state index contributed by atoms with van der Waals surface area (Å²) in [6.45, 7) is 0. The zero-order valence-electron chi connectivity index (χ0n) is 8.89. The van der Waals surface area contributed by atoms with E-state index in [1.54, 1.807) is 0 Å². The maximum atomic E-state index is 11.8. The van der Waals surface area contributed by atoms with Crippen LogP contribution in [0.5, 0.6) is 5.75 Å². The molecule has 0 aliphatic rings. The van der Waals surface area contributed by atoms with Crippen molar-refractivity contribution in [2.24, 2.45) is 0 Å². The zero-order valence-corrected chi connectivity index (χ0v) is 10.4. The number of hydrogen-bond donors (Lipinski definition) is 2. The third kappa shape index (κ3) is 2.88. The Morgan fingerprint density at radius 2 is 2.00 bits per heavy atom. The number of anilines is 1. The highest BCUT2D eigenvalue weighted by Crippen LogP contribution is 2.26. The fourth-order valence-electron chi connectivity index (χ4n) is 1.22. The number of carbonyl (C=O) groups excluding carboxylic acids is 1. The van der Waals surface area contributed by atoms with Gasteiger partial charge in [0.15, 0.2) is 0 Å². The van der Waals surface area contributed by atoms with Crippen LogP contribution in [0.15, 0.2) is 30.6 Å². The summed E-state index contributed by atoms with van der Waals surface area (Å²) in [5.74, 6) is -0.605. The molecule has 1 amide bonds. The minimum absolute atomic E-state index is 0.0822. The molecule has 5 nitrogen and oxygen atoms in total. The number of hydrogen-bond acceptors (Lipinski definition) is 4. The van der Waals surface area contributed by atoms with Gasteiger partial charge in [-0.25, -0.2) is 9.97 Å². The Hall–Kier alpha value is -1.85. The average Bonchev–Trinajstić information content (AvgIpc) is 2.34. The fourth-order valence-corrected chi connectivity index (χ4v) is 1.49. The number of benzene rings is 1. The normalized spacial score (nSPS) is 10.1. The number of rotatable bonds is 2. The number of halogens is 2. The van der Waals surface area contributed by atoms with Gasteiger partial charge in [0.2, 0.25) is 0 Å². The van der Waals surface area contributed by atoms with Crippen molar-refractivity contribution < 1.29 is 9.90 Å². The van der Waals surface area contributed by atoms with Gasteiger partial charge in [-0.15, -0.1) is 0 Å². The van der Waals surface area contributed by atoms with E-state index >= 15 is 0 Å². The van der Waals surface area contributed by atoms with Gasteiger partial charge in [-0.05, 0) is 18.2 Å². The highest BCUT2D eigenvalue weighted by Gasteiger charge is 2.11. The Bertz CT molecular complexity index is 587. The van der Waals surface area contributed by atoms with Gasteiger partial charge in [-0.1, -0.05) is 23.2 Å². The third-order valence-electron chi connectivity index (χ3n) is 2.06. The van der Waals surface area contributed by atoms with Crippen LogP contribution in [-0.4, -0.2) is 21.0 Å². The van der Waals surface area contributed by atoms with Gasteiger partial charge in [-0.3, -0.25) is 4.79 Å². The lowest BCUT2D eigenvalue weighted by atomic mass is 10.3. The van der Waals surface area contributed by atoms with E-state index in [0.717, 1.165) is 0 Å². The van der Waals surface area contributed by atoms with Crippen molar-refractivity contribution in [1.29, 1.82) is 0 Å². The third-order valence-corrected chi connectivity index (χ3v) is 2.49. The molecule has 0 unspecified atom stereocenters. The Balaban J connectivity index is 2.21. The quantitative estimate of drug-likeness (QED) is 0.831. The first-order chi connectivity index (χ1) is 8.56. The van der Waals surface area contributed by atoms with Gasteiger partial charge >= 0.3 is 0 Å². The molecule has 1 aromatic heterocycles. The zero-order chi connectivity index (χ0) is 13.1. The van der Waals surface area contributed by atoms with Gasteiger partial charge in [0.05, 0.1) is 18.1 Å². The lowest BCUT2D eigenvalue weighted by Gasteiger charge is -2.06. The molecule has 0 spiro atoms. The predicted molar refractivity (Wildman–Crippen MR) is 68.1 cm³/mol. The second kappa shape index (κ2) is 5.20. The summed E-state index contributed by atoms with van der Waals surface area (Å²) in [4.78, 5) is 19.3. The van der Waals surface area contributed by atoms with Crippen molar-refractivity contribution in [1.82, 2.24) is 9.97 Å². The highest BCUT2D eigenvalue weighted by atomic mass is 35.5. The SMILES string of the molecule is O=C(Nc1cc(Cl)ccc1O)c1cnc(Cl)cn1. The van der Waals surface area contributed by atoms with Gasteiger partial charge in [0, 0.05) is 5.02 Å². The van der Waals surface area contributed by atoms with Crippen LogP contribution in [0, 0.1) is 0 Å². The van der Waals surface area contributed by atoms with E-state index in [4.69, 9.17) is 23.2 Å². The van der Waals surface area contributed by atoms with E-state index in [0.29, 0.717) is 5.02 Å². The maximum Gasteiger partial charge on any atom is 0.275 e. The number of aromatic hydroxyl groups is 1. The number of nitrogens with zero attached hydrogens (tertiary/aromatic N) is 2. The summed E-state index contributed by atoms with van der Waals surface area (Å²) < 4.78 is 0. The van der Waals surface area contributed by atoms with Crippen molar-refractivity contribution in [2.45, 2.75) is 0 Å². The molecule has 92 valence electrons. The van der Waals surface area contributed by atoms with E-state index in [-0.39, 0.29) is 22.3 Å². The van der Waals surface area contributed by atoms with Crippen LogP contribution in [0.2, 0.25) is 10.2 Å². The van der Waals surface area contributed by atoms with Crippen molar-refractivity contribution in [3.63, 3.8) is 0 Å². The topological polar surface area (TPSA) is 75.1 Å². The van der Waals surface area contributed by atoms with E-state index < -0.39 is 5.91 Å². The molecule has 0 radical (unpaired) electrons. The van der Waals surface area contributed by atoms with Crippen LogP contribution in [0.25, 0.3) is 0 Å². The maximum absolute atomic E-state index is 11.8. The van der Waals surface area contributed by atoms with E-state index in [2.05, 4.69) is 15.3 Å². The van der Waals surface area contributed by atoms with Crippen molar-refractivity contribution in [3.8, 4) is 5.75 Å². The van der Waals surface area contributed by atoms with E-state index in [9.17, 15) is 9.90 Å². The van der Waals surface area contributed by atoms with Gasteiger partial charge in [0.25, 0.3) is 5.91 Å². The molecule has 18 heavy (non-hydrogen) atoms. The first-order valence-electron chi connectivity index (χ1n) is 4.83. The van der Waals surface area contributed by atoms with Crippen LogP contribution >= 0.6 is 23.2 Å². The molecular weight excluding hydrogens is 277 g/mol. The smallest absolute Gasteiger partial charge is 0.275 e. The van der Waals surface area contributed by atoms with Crippen LogP contribution in [0.1, 0.15) is 10.5 Å². The molecule has 2 aromatic rings. The number of aromatic nitrogens is 2. The Morgan fingerprint density at radius 1 is 1.22 bits per heavy atom. The minimum atomic E-state index is -0.517. The van der Waals surface area contributed by atoms with E-state index in [1.165, 1.54) is 30.6 Å². The molecule has 0 saturated carbocycles. The Kier molecular flexibility index (Phi) is 3.64. The lowest BCUT2D eigenvalue weighted by Crippen LogP contribution is -2.14. The summed E-state index contributed by atoms with van der Waals surface area (Å²) in [7, 11) is 0. The summed E-state index contributed by atoms with van der Waals surface area (Å²) >= 11 is 11.3. The van der Waals surface area contributed by atoms with Crippen LogP contribution in [0.4, 0.5) is 5.69 Å². The van der Waals surface area contributed by atoms with Crippen molar-refractivity contribution in [2.75, 3.05) is 5.32 Å². The Morgan fingerprint density at radius 3 is 2.67 bits per heavy atom. The van der Waals surface area contributed by atoms with Crippen LogP contribution in [0.3, 0.4) is 0 Å². The van der Waals surface area contributed by atoms with Gasteiger partial charge < -0.3 is 10.4 Å². The van der Waals surface area contributed by atoms with Gasteiger partial charge in [0.1, 0.15) is 16.6 Å². The summed E-state index contributed by atoms with van der Waals surface area (Å²) in [5, 5.41) is 12.6. The molecule has 0 aliphatic carbocycles. The molecule has 1 aromatic carbocycles. The summed E-state index contributed by atoms with van der Waals surface area (Å²) in [6, 6.07) is 4.32. The van der Waals surface area contributed by atoms with Crippen LogP contribution in [-0.2, 0) is 0 Å². The number of phenols is 1. The molecule has 2 N–H and O–H groups in total. The monoisotopic (exact) mass is 283 g/mol. The van der Waals surface area contributed by atoms with E-state index in [1.807, 2.05) is 0 Å². The second-order valence-electron chi connectivity index (χ2n) is 3.34. The summed E-state index contributed by atoms with van der Waals surface area (Å²) in [5.41, 5.74) is 0.281. The molecular formula is C11H7Cl2N3O2. The summed E-state index contributed by atoms with van der Waals surface area (Å²) in [6.07, 6.45) is 2.49. The second-order valence-corrected chi connectivity index (χ2v) is 4.16. The minimum Gasteiger partial charge on any atom is -0.506 e. The standard InChI is InChI=1S/C11H7Cl2N3O2/c12-6-1-2-9(17)7(3-6)16-11(18)8-4-15-10(13)5-14-8/h1-5,17H,(H,16,18). The number of amides is 1. The number of carbonyl (C=O) groups is 1. The molecule has 0 atom stereocenters. The number of phenolic OH excluding ortho intramolecular Hbond substituents is 1. The predicted octanol–water partition coefficient (Wildman–Crippen LogP) is 2.74. The molecule has 0 fully saturated rings. The molecule has 2 rings (SSSR count). The molecule has 0 bridgehead atoms. The first kappa shape index (κ1) is 12.6. The first-order valence-corrected chi connectivity index (χ1v) is 5.59. The Labute approximate surface area is 112 Å². The molecule has 7 heteroatoms. The van der Waals surface area contributed by atoms with Gasteiger partial charge in [-0.2, -0.15) is 0 Å². The average molecular weight is 284 g/mol. The fraction of sp³-hybridized carbons (Fsp3) is 0. The highest BCUT2D eigenvalue weighted by molar-refractivity contribution is 6.31. The molecule has 1 heterocycles. The molecule has 0 saturated heterocycles. The van der Waals surface area contributed by atoms with Crippen molar-refractivity contribution >= 4 is 34.8 Å². The lowest BCUT2D eigenvalue weighted by molar-refractivity contribution is 0.102. The largest absolute Gasteiger partial charge is 0.506 e.